The number of rotatable bonds is 1. The Hall–Kier alpha value is -1.64. The third-order valence-corrected chi connectivity index (χ3v) is 3.55. The molecule has 3 nitrogen and oxygen atoms in total. The van der Waals surface area contributed by atoms with Crippen LogP contribution in [0.5, 0.6) is 0 Å². The quantitative estimate of drug-likeness (QED) is 0.625. The summed E-state index contributed by atoms with van der Waals surface area (Å²) in [6.07, 6.45) is 12.1. The molecule has 0 N–H and O–H groups in total. The lowest BCUT2D eigenvalue weighted by molar-refractivity contribution is -0.138. The summed E-state index contributed by atoms with van der Waals surface area (Å²) in [4.78, 5) is 24.6. The van der Waals surface area contributed by atoms with Gasteiger partial charge in [0.15, 0.2) is 0 Å². The van der Waals surface area contributed by atoms with Gasteiger partial charge in [-0.2, -0.15) is 0 Å². The van der Waals surface area contributed by atoms with E-state index in [2.05, 4.69) is 12.2 Å². The number of carbonyl (C=O) groups excluding carboxylic acids is 2. The van der Waals surface area contributed by atoms with Crippen molar-refractivity contribution in [2.24, 2.45) is 11.8 Å². The third-order valence-electron chi connectivity index (χ3n) is 3.55. The van der Waals surface area contributed by atoms with Crippen molar-refractivity contribution in [1.29, 1.82) is 0 Å². The maximum atomic E-state index is 11.7. The van der Waals surface area contributed by atoms with Crippen LogP contribution in [0.1, 0.15) is 19.3 Å². The van der Waals surface area contributed by atoms with E-state index in [4.69, 9.17) is 0 Å². The molecule has 1 saturated heterocycles. The standard InChI is InChI=1S/C13H13NO2/c15-12-7-6-11-10(8-13(16)14(11)12)9-4-2-1-3-5-9/h1-4,6,9-10H,5,7-8H2. The van der Waals surface area contributed by atoms with E-state index in [1.807, 2.05) is 18.2 Å². The van der Waals surface area contributed by atoms with Gasteiger partial charge in [-0.1, -0.05) is 30.4 Å². The smallest absolute Gasteiger partial charge is 0.237 e. The summed E-state index contributed by atoms with van der Waals surface area (Å²) in [6.45, 7) is 0. The van der Waals surface area contributed by atoms with Crippen LogP contribution < -0.4 is 0 Å². The lowest BCUT2D eigenvalue weighted by Gasteiger charge is -2.21. The molecule has 1 fully saturated rings. The van der Waals surface area contributed by atoms with Gasteiger partial charge in [-0.25, -0.2) is 0 Å². The summed E-state index contributed by atoms with van der Waals surface area (Å²) in [5, 5.41) is 0. The molecule has 0 spiro atoms. The molecule has 3 rings (SSSR count). The second-order valence-electron chi connectivity index (χ2n) is 4.48. The first-order valence-electron chi connectivity index (χ1n) is 5.66. The number of amides is 2. The van der Waals surface area contributed by atoms with E-state index < -0.39 is 0 Å². The van der Waals surface area contributed by atoms with Gasteiger partial charge in [-0.15, -0.1) is 0 Å². The van der Waals surface area contributed by atoms with Crippen LogP contribution in [0.3, 0.4) is 0 Å². The molecule has 0 saturated carbocycles. The molecule has 82 valence electrons. The molecule has 2 aliphatic heterocycles. The predicted molar refractivity (Wildman–Crippen MR) is 59.0 cm³/mol. The summed E-state index contributed by atoms with van der Waals surface area (Å²) in [5.74, 6) is 0.496. The van der Waals surface area contributed by atoms with Gasteiger partial charge in [0.25, 0.3) is 0 Å². The van der Waals surface area contributed by atoms with Crippen LogP contribution in [0.4, 0.5) is 0 Å². The minimum absolute atomic E-state index is 0.0262. The highest BCUT2D eigenvalue weighted by Gasteiger charge is 2.43. The zero-order valence-electron chi connectivity index (χ0n) is 8.93. The number of fused-ring (bicyclic) bond motifs is 1. The molecule has 3 heteroatoms. The van der Waals surface area contributed by atoms with Gasteiger partial charge in [-0.3, -0.25) is 14.5 Å². The van der Waals surface area contributed by atoms with E-state index in [1.165, 1.54) is 4.90 Å². The largest absolute Gasteiger partial charge is 0.274 e. The normalized spacial score (nSPS) is 32.2. The number of carbonyl (C=O) groups is 2. The first-order valence-corrected chi connectivity index (χ1v) is 5.66. The van der Waals surface area contributed by atoms with Gasteiger partial charge in [-0.05, 0) is 12.3 Å². The van der Waals surface area contributed by atoms with Gasteiger partial charge in [0.05, 0.1) is 0 Å². The molecule has 0 aromatic heterocycles. The average Bonchev–Trinajstić information content (AvgIpc) is 2.83. The summed E-state index contributed by atoms with van der Waals surface area (Å²) in [7, 11) is 0. The second kappa shape index (κ2) is 3.44. The van der Waals surface area contributed by atoms with E-state index in [0.717, 1.165) is 12.1 Å². The van der Waals surface area contributed by atoms with Crippen molar-refractivity contribution in [2.45, 2.75) is 19.3 Å². The highest BCUT2D eigenvalue weighted by atomic mass is 16.2. The van der Waals surface area contributed by atoms with Crippen molar-refractivity contribution >= 4 is 11.8 Å². The van der Waals surface area contributed by atoms with Gasteiger partial charge >= 0.3 is 0 Å². The molecule has 16 heavy (non-hydrogen) atoms. The van der Waals surface area contributed by atoms with Crippen molar-refractivity contribution in [3.8, 4) is 0 Å². The van der Waals surface area contributed by atoms with Crippen molar-refractivity contribution in [1.82, 2.24) is 4.90 Å². The Kier molecular flexibility index (Phi) is 2.06. The second-order valence-corrected chi connectivity index (χ2v) is 4.48. The lowest BCUT2D eigenvalue weighted by Crippen LogP contribution is -2.26. The Labute approximate surface area is 94.1 Å². The SMILES string of the molecule is O=C1CC=C2C(C3C=CC=CC3)CC(=O)N12. The Balaban J connectivity index is 1.88. The highest BCUT2D eigenvalue weighted by Crippen LogP contribution is 2.40. The minimum Gasteiger partial charge on any atom is -0.274 e. The van der Waals surface area contributed by atoms with Crippen LogP contribution in [0, 0.1) is 11.8 Å². The Morgan fingerprint density at radius 3 is 2.81 bits per heavy atom. The molecule has 2 heterocycles. The van der Waals surface area contributed by atoms with E-state index in [0.29, 0.717) is 18.8 Å². The minimum atomic E-state index is -0.0576. The Morgan fingerprint density at radius 2 is 2.06 bits per heavy atom. The molecule has 0 bridgehead atoms. The number of hydrogen-bond donors (Lipinski definition) is 0. The molecule has 0 aromatic rings. The monoisotopic (exact) mass is 215 g/mol. The van der Waals surface area contributed by atoms with E-state index >= 15 is 0 Å². The molecule has 1 aliphatic carbocycles. The van der Waals surface area contributed by atoms with Crippen molar-refractivity contribution in [3.63, 3.8) is 0 Å². The van der Waals surface area contributed by atoms with Gasteiger partial charge in [0.1, 0.15) is 0 Å². The average molecular weight is 215 g/mol. The first kappa shape index (κ1) is 9.58. The van der Waals surface area contributed by atoms with Crippen LogP contribution >= 0.6 is 0 Å². The molecule has 0 radical (unpaired) electrons. The number of nitrogens with zero attached hydrogens (tertiary/aromatic N) is 1. The van der Waals surface area contributed by atoms with Crippen LogP contribution in [0.15, 0.2) is 36.1 Å². The molecule has 3 aliphatic rings. The summed E-state index contributed by atoms with van der Waals surface area (Å²) in [6, 6.07) is 0. The highest BCUT2D eigenvalue weighted by molar-refractivity contribution is 6.02. The molecule has 0 aromatic carbocycles. The fourth-order valence-corrected chi connectivity index (χ4v) is 2.77. The predicted octanol–water partition coefficient (Wildman–Crippen LogP) is 1.78. The fourth-order valence-electron chi connectivity index (χ4n) is 2.77. The van der Waals surface area contributed by atoms with Crippen LogP contribution in [-0.4, -0.2) is 16.7 Å². The zero-order valence-corrected chi connectivity index (χ0v) is 8.93. The van der Waals surface area contributed by atoms with E-state index in [-0.39, 0.29) is 17.7 Å². The van der Waals surface area contributed by atoms with Crippen LogP contribution in [-0.2, 0) is 9.59 Å². The molecule has 2 atom stereocenters. The first-order chi connectivity index (χ1) is 7.77. The van der Waals surface area contributed by atoms with Gasteiger partial charge < -0.3 is 0 Å². The topological polar surface area (TPSA) is 37.4 Å². The molecular weight excluding hydrogens is 202 g/mol. The molecule has 2 unspecified atom stereocenters. The van der Waals surface area contributed by atoms with Crippen molar-refractivity contribution < 1.29 is 9.59 Å². The molecular formula is C13H13NO2. The Morgan fingerprint density at radius 1 is 1.19 bits per heavy atom. The third kappa shape index (κ3) is 1.28. The Bertz CT molecular complexity index is 445. The van der Waals surface area contributed by atoms with E-state index in [9.17, 15) is 9.59 Å². The maximum Gasteiger partial charge on any atom is 0.237 e. The van der Waals surface area contributed by atoms with Gasteiger partial charge in [0, 0.05) is 24.5 Å². The van der Waals surface area contributed by atoms with E-state index in [1.54, 1.807) is 0 Å². The van der Waals surface area contributed by atoms with Gasteiger partial charge in [0.2, 0.25) is 11.8 Å². The summed E-state index contributed by atoms with van der Waals surface area (Å²) >= 11 is 0. The lowest BCUT2D eigenvalue weighted by atomic mass is 9.84. The number of imide groups is 1. The summed E-state index contributed by atoms with van der Waals surface area (Å²) in [5.41, 5.74) is 0.944. The summed E-state index contributed by atoms with van der Waals surface area (Å²) < 4.78 is 0. The number of allylic oxidation sites excluding steroid dienone is 5. The maximum absolute atomic E-state index is 11.7. The fraction of sp³-hybridized carbons (Fsp3) is 0.385. The van der Waals surface area contributed by atoms with Crippen molar-refractivity contribution in [2.75, 3.05) is 0 Å². The zero-order chi connectivity index (χ0) is 11.1. The molecule has 2 amide bonds. The van der Waals surface area contributed by atoms with Crippen LogP contribution in [0.2, 0.25) is 0 Å². The van der Waals surface area contributed by atoms with Crippen molar-refractivity contribution in [3.05, 3.63) is 36.1 Å². The number of hydrogen-bond acceptors (Lipinski definition) is 2. The van der Waals surface area contributed by atoms with Crippen LogP contribution in [0.25, 0.3) is 0 Å².